The lowest BCUT2D eigenvalue weighted by Gasteiger charge is -2.07. The molecule has 1 heterocycles. The summed E-state index contributed by atoms with van der Waals surface area (Å²) in [4.78, 5) is 3.88. The Morgan fingerprint density at radius 2 is 1.94 bits per heavy atom. The number of halogens is 3. The highest BCUT2D eigenvalue weighted by atomic mass is 35.5. The summed E-state index contributed by atoms with van der Waals surface area (Å²) in [5, 5.41) is 0.257. The Bertz CT molecular complexity index is 563. The lowest BCUT2D eigenvalue weighted by molar-refractivity contribution is 0.461. The Kier molecular flexibility index (Phi) is 3.36. The summed E-state index contributed by atoms with van der Waals surface area (Å²) in [7, 11) is 0. The summed E-state index contributed by atoms with van der Waals surface area (Å²) in [6.45, 7) is 0. The predicted octanol–water partition coefficient (Wildman–Crippen LogP) is 3.90. The molecule has 88 valence electrons. The van der Waals surface area contributed by atoms with Crippen LogP contribution in [0.25, 0.3) is 0 Å². The Labute approximate surface area is 107 Å². The molecule has 17 heavy (non-hydrogen) atoms. The molecule has 1 aromatic carbocycles. The molecule has 2 N–H and O–H groups in total. The quantitative estimate of drug-likeness (QED) is 0.844. The molecule has 0 bridgehead atoms. The third-order valence-corrected chi connectivity index (χ3v) is 2.48. The second-order valence-electron chi connectivity index (χ2n) is 3.21. The van der Waals surface area contributed by atoms with E-state index in [1.807, 2.05) is 0 Å². The maximum Gasteiger partial charge on any atom is 0.244 e. The average molecular weight is 273 g/mol. The summed E-state index contributed by atoms with van der Waals surface area (Å²) in [5.74, 6) is -0.211. The minimum atomic E-state index is -0.579. The first kappa shape index (κ1) is 12.0. The molecule has 0 aliphatic rings. The largest absolute Gasteiger partial charge is 0.437 e. The molecule has 0 saturated carbocycles. The van der Waals surface area contributed by atoms with Crippen LogP contribution in [0, 0.1) is 5.82 Å². The first-order valence-electron chi connectivity index (χ1n) is 4.61. The zero-order valence-corrected chi connectivity index (χ0v) is 9.97. The number of pyridine rings is 1. The maximum absolute atomic E-state index is 13.2. The van der Waals surface area contributed by atoms with Crippen molar-refractivity contribution < 1.29 is 9.13 Å². The predicted molar refractivity (Wildman–Crippen MR) is 65.1 cm³/mol. The third-order valence-electron chi connectivity index (χ3n) is 1.96. The highest BCUT2D eigenvalue weighted by Gasteiger charge is 2.07. The van der Waals surface area contributed by atoms with Crippen LogP contribution in [-0.2, 0) is 0 Å². The molecule has 0 radical (unpaired) electrons. The minimum Gasteiger partial charge on any atom is -0.437 e. The summed E-state index contributed by atoms with van der Waals surface area (Å²) in [6, 6.07) is 7.12. The molecular formula is C11H7Cl2FN2O. The molecule has 0 amide bonds. The van der Waals surface area contributed by atoms with E-state index < -0.39 is 5.82 Å². The van der Waals surface area contributed by atoms with E-state index >= 15 is 0 Å². The molecule has 6 heteroatoms. The van der Waals surface area contributed by atoms with Gasteiger partial charge in [-0.05, 0) is 24.3 Å². The second kappa shape index (κ2) is 4.77. The van der Waals surface area contributed by atoms with Crippen molar-refractivity contribution >= 4 is 28.9 Å². The average Bonchev–Trinajstić information content (AvgIpc) is 2.29. The van der Waals surface area contributed by atoms with E-state index in [0.29, 0.717) is 5.69 Å². The molecule has 0 spiro atoms. The fourth-order valence-corrected chi connectivity index (χ4v) is 1.42. The zero-order chi connectivity index (χ0) is 12.4. The van der Waals surface area contributed by atoms with Gasteiger partial charge in [0, 0.05) is 6.07 Å². The van der Waals surface area contributed by atoms with Crippen molar-refractivity contribution in [2.45, 2.75) is 0 Å². The van der Waals surface area contributed by atoms with Crippen LogP contribution in [0.5, 0.6) is 11.6 Å². The van der Waals surface area contributed by atoms with Gasteiger partial charge in [-0.3, -0.25) is 0 Å². The molecule has 0 unspecified atom stereocenters. The van der Waals surface area contributed by atoms with E-state index in [2.05, 4.69) is 4.98 Å². The van der Waals surface area contributed by atoms with E-state index in [9.17, 15) is 4.39 Å². The van der Waals surface area contributed by atoms with Gasteiger partial charge in [-0.25, -0.2) is 4.39 Å². The number of nitrogens with zero attached hydrogens (tertiary/aromatic N) is 1. The van der Waals surface area contributed by atoms with Gasteiger partial charge in [0.25, 0.3) is 0 Å². The number of hydrogen-bond acceptors (Lipinski definition) is 3. The molecule has 0 aliphatic carbocycles. The van der Waals surface area contributed by atoms with E-state index in [-0.39, 0.29) is 21.8 Å². The van der Waals surface area contributed by atoms with Crippen LogP contribution in [0.15, 0.2) is 30.3 Å². The number of ether oxygens (including phenoxy) is 1. The van der Waals surface area contributed by atoms with Gasteiger partial charge in [-0.1, -0.05) is 23.2 Å². The highest BCUT2D eigenvalue weighted by molar-refractivity contribution is 6.30. The zero-order valence-electron chi connectivity index (χ0n) is 8.45. The standard InChI is InChI=1S/C11H7Cl2FN2O/c12-7-2-1-6(5-8(7)14)17-11-9(15)3-4-10(13)16-11/h1-5H,15H2. The highest BCUT2D eigenvalue weighted by Crippen LogP contribution is 2.28. The van der Waals surface area contributed by atoms with Crippen molar-refractivity contribution in [1.29, 1.82) is 0 Å². The van der Waals surface area contributed by atoms with Crippen LogP contribution in [-0.4, -0.2) is 4.98 Å². The van der Waals surface area contributed by atoms with Crippen LogP contribution >= 0.6 is 23.2 Å². The number of hydrogen-bond donors (Lipinski definition) is 1. The summed E-state index contributed by atoms with van der Waals surface area (Å²) in [6.07, 6.45) is 0. The molecule has 2 rings (SSSR count). The fraction of sp³-hybridized carbons (Fsp3) is 0. The van der Waals surface area contributed by atoms with Gasteiger partial charge < -0.3 is 10.5 Å². The van der Waals surface area contributed by atoms with E-state index in [1.54, 1.807) is 6.07 Å². The first-order valence-corrected chi connectivity index (χ1v) is 5.37. The van der Waals surface area contributed by atoms with Gasteiger partial charge in [0.15, 0.2) is 0 Å². The molecule has 1 aromatic heterocycles. The van der Waals surface area contributed by atoms with Crippen molar-refractivity contribution in [3.63, 3.8) is 0 Å². The van der Waals surface area contributed by atoms with E-state index in [0.717, 1.165) is 6.07 Å². The Hall–Kier alpha value is -1.52. The van der Waals surface area contributed by atoms with Crippen LogP contribution in [0.2, 0.25) is 10.2 Å². The molecule has 2 aromatic rings. The molecule has 0 fully saturated rings. The van der Waals surface area contributed by atoms with Gasteiger partial charge in [-0.2, -0.15) is 4.98 Å². The van der Waals surface area contributed by atoms with Crippen molar-refractivity contribution in [3.05, 3.63) is 46.3 Å². The molecule has 0 saturated heterocycles. The van der Waals surface area contributed by atoms with Gasteiger partial charge in [0.05, 0.1) is 10.7 Å². The molecule has 3 nitrogen and oxygen atoms in total. The number of nitrogens with two attached hydrogens (primary N) is 1. The van der Waals surface area contributed by atoms with Crippen LogP contribution in [0.4, 0.5) is 10.1 Å². The number of anilines is 1. The number of nitrogen functional groups attached to an aromatic ring is 1. The monoisotopic (exact) mass is 272 g/mol. The number of rotatable bonds is 2. The lowest BCUT2D eigenvalue weighted by atomic mass is 10.3. The van der Waals surface area contributed by atoms with Crippen LogP contribution in [0.1, 0.15) is 0 Å². The maximum atomic E-state index is 13.2. The SMILES string of the molecule is Nc1ccc(Cl)nc1Oc1ccc(Cl)c(F)c1. The van der Waals surface area contributed by atoms with Gasteiger partial charge in [0.2, 0.25) is 5.88 Å². The van der Waals surface area contributed by atoms with Gasteiger partial charge in [-0.15, -0.1) is 0 Å². The number of benzene rings is 1. The minimum absolute atomic E-state index is 0.0179. The lowest BCUT2D eigenvalue weighted by Crippen LogP contribution is -1.95. The first-order chi connectivity index (χ1) is 8.06. The van der Waals surface area contributed by atoms with E-state index in [4.69, 9.17) is 33.7 Å². The smallest absolute Gasteiger partial charge is 0.244 e. The van der Waals surface area contributed by atoms with Crippen molar-refractivity contribution in [3.8, 4) is 11.6 Å². The Morgan fingerprint density at radius 1 is 1.18 bits per heavy atom. The number of aromatic nitrogens is 1. The van der Waals surface area contributed by atoms with Crippen molar-refractivity contribution in [2.75, 3.05) is 5.73 Å². The third kappa shape index (κ3) is 2.78. The normalized spacial score (nSPS) is 10.3. The fourth-order valence-electron chi connectivity index (χ4n) is 1.16. The summed E-state index contributed by atoms with van der Waals surface area (Å²) in [5.41, 5.74) is 5.95. The van der Waals surface area contributed by atoms with Crippen molar-refractivity contribution in [2.24, 2.45) is 0 Å². The Morgan fingerprint density at radius 3 is 2.65 bits per heavy atom. The topological polar surface area (TPSA) is 48.1 Å². The summed E-state index contributed by atoms with van der Waals surface area (Å²) >= 11 is 11.2. The van der Waals surface area contributed by atoms with Crippen LogP contribution in [0.3, 0.4) is 0 Å². The van der Waals surface area contributed by atoms with Crippen LogP contribution < -0.4 is 10.5 Å². The van der Waals surface area contributed by atoms with Gasteiger partial charge in [0.1, 0.15) is 16.7 Å². The second-order valence-corrected chi connectivity index (χ2v) is 4.00. The molecule has 0 atom stereocenters. The van der Waals surface area contributed by atoms with E-state index in [1.165, 1.54) is 18.2 Å². The summed E-state index contributed by atoms with van der Waals surface area (Å²) < 4.78 is 18.5. The van der Waals surface area contributed by atoms with Crippen molar-refractivity contribution in [1.82, 2.24) is 4.98 Å². The molecular weight excluding hydrogens is 266 g/mol. The van der Waals surface area contributed by atoms with Gasteiger partial charge >= 0.3 is 0 Å². The Balaban J connectivity index is 2.31. The molecule has 0 aliphatic heterocycles.